The summed E-state index contributed by atoms with van der Waals surface area (Å²) in [5.41, 5.74) is 4.60. The topological polar surface area (TPSA) is 24.7 Å². The highest BCUT2D eigenvalue weighted by atomic mass is 15.1. The fourth-order valence-electron chi connectivity index (χ4n) is 3.32. The number of nitrogens with zero attached hydrogens (tertiary/aromatic N) is 2. The van der Waals surface area contributed by atoms with Gasteiger partial charge < -0.3 is 0 Å². The van der Waals surface area contributed by atoms with Crippen LogP contribution in [-0.2, 0) is 0 Å². The van der Waals surface area contributed by atoms with E-state index in [4.69, 9.17) is 0 Å². The lowest BCUT2D eigenvalue weighted by atomic mass is 9.94. The van der Waals surface area contributed by atoms with Gasteiger partial charge in [-0.3, -0.25) is 0 Å². The Morgan fingerprint density at radius 1 is 0.625 bits per heavy atom. The molecular weight excluding hydrogens is 292 g/mol. The van der Waals surface area contributed by atoms with E-state index in [1.807, 2.05) is 12.1 Å². The summed E-state index contributed by atoms with van der Waals surface area (Å²) in [7, 11) is 0. The molecule has 2 nitrogen and oxygen atoms in total. The molecule has 0 aliphatic rings. The van der Waals surface area contributed by atoms with Gasteiger partial charge in [-0.2, -0.15) is 10.2 Å². The van der Waals surface area contributed by atoms with Gasteiger partial charge in [0.15, 0.2) is 0 Å². The van der Waals surface area contributed by atoms with Crippen molar-refractivity contribution < 1.29 is 0 Å². The summed E-state index contributed by atoms with van der Waals surface area (Å²) in [5.74, 6) is 1.22. The van der Waals surface area contributed by atoms with Crippen LogP contribution in [-0.4, -0.2) is 0 Å². The van der Waals surface area contributed by atoms with Crippen LogP contribution in [0.15, 0.2) is 58.8 Å². The minimum atomic E-state index is 0.610. The maximum absolute atomic E-state index is 4.47. The van der Waals surface area contributed by atoms with E-state index < -0.39 is 0 Å². The van der Waals surface area contributed by atoms with Crippen molar-refractivity contribution >= 4 is 11.4 Å². The second-order valence-electron chi connectivity index (χ2n) is 6.42. The molecule has 0 bridgehead atoms. The first-order valence-corrected chi connectivity index (χ1v) is 9.33. The van der Waals surface area contributed by atoms with E-state index in [1.165, 1.54) is 11.1 Å². The molecule has 2 rings (SSSR count). The molecule has 0 unspecified atom stereocenters. The third kappa shape index (κ3) is 4.77. The smallest absolute Gasteiger partial charge is 0.0859 e. The molecule has 0 aromatic heterocycles. The standard InChI is InChI=1S/C22H30N2/c1-5-17(6-2)19-11-9-13-21(15-19)23-24-22-14-10-12-20(16-22)18(7-3)8-4/h9-18H,5-8H2,1-4H3. The maximum atomic E-state index is 4.47. The molecule has 0 fully saturated rings. The van der Waals surface area contributed by atoms with Crippen LogP contribution in [0.1, 0.15) is 76.3 Å². The summed E-state index contributed by atoms with van der Waals surface area (Å²) >= 11 is 0. The van der Waals surface area contributed by atoms with E-state index in [-0.39, 0.29) is 0 Å². The fraction of sp³-hybridized carbons (Fsp3) is 0.455. The predicted octanol–water partition coefficient (Wildman–Crippen LogP) is 7.91. The van der Waals surface area contributed by atoms with Crippen LogP contribution < -0.4 is 0 Å². The Morgan fingerprint density at radius 3 is 1.33 bits per heavy atom. The molecular formula is C22H30N2. The Balaban J connectivity index is 2.19. The van der Waals surface area contributed by atoms with Crippen molar-refractivity contribution in [2.45, 2.75) is 65.2 Å². The largest absolute Gasteiger partial charge is 0.151 e. The van der Waals surface area contributed by atoms with E-state index in [1.54, 1.807) is 0 Å². The molecule has 0 atom stereocenters. The van der Waals surface area contributed by atoms with Crippen molar-refractivity contribution in [2.24, 2.45) is 10.2 Å². The van der Waals surface area contributed by atoms with Crippen molar-refractivity contribution in [1.82, 2.24) is 0 Å². The monoisotopic (exact) mass is 322 g/mol. The molecule has 24 heavy (non-hydrogen) atoms. The third-order valence-electron chi connectivity index (χ3n) is 4.94. The van der Waals surface area contributed by atoms with Gasteiger partial charge in [-0.1, -0.05) is 52.0 Å². The van der Waals surface area contributed by atoms with Crippen molar-refractivity contribution in [3.8, 4) is 0 Å². The predicted molar refractivity (Wildman–Crippen MR) is 104 cm³/mol. The van der Waals surface area contributed by atoms with E-state index in [2.05, 4.69) is 74.3 Å². The van der Waals surface area contributed by atoms with Crippen molar-refractivity contribution in [3.05, 3.63) is 59.7 Å². The van der Waals surface area contributed by atoms with Crippen molar-refractivity contribution in [1.29, 1.82) is 0 Å². The fourth-order valence-corrected chi connectivity index (χ4v) is 3.32. The summed E-state index contributed by atoms with van der Waals surface area (Å²) in [4.78, 5) is 0. The van der Waals surface area contributed by atoms with Gasteiger partial charge in [-0.15, -0.1) is 0 Å². The highest BCUT2D eigenvalue weighted by molar-refractivity contribution is 5.44. The van der Waals surface area contributed by atoms with Crippen LogP contribution in [0.3, 0.4) is 0 Å². The van der Waals surface area contributed by atoms with Crippen molar-refractivity contribution in [3.63, 3.8) is 0 Å². The van der Waals surface area contributed by atoms with E-state index in [9.17, 15) is 0 Å². The van der Waals surface area contributed by atoms with Crippen LogP contribution in [0, 0.1) is 0 Å². The van der Waals surface area contributed by atoms with E-state index >= 15 is 0 Å². The first-order valence-electron chi connectivity index (χ1n) is 9.33. The Bertz CT molecular complexity index is 595. The summed E-state index contributed by atoms with van der Waals surface area (Å²) in [6, 6.07) is 17.0. The van der Waals surface area contributed by atoms with Gasteiger partial charge in [0.1, 0.15) is 0 Å². The lowest BCUT2D eigenvalue weighted by molar-refractivity contribution is 0.642. The minimum absolute atomic E-state index is 0.610. The Kier molecular flexibility index (Phi) is 7.17. The minimum Gasteiger partial charge on any atom is -0.151 e. The van der Waals surface area contributed by atoms with Gasteiger partial charge in [0.2, 0.25) is 0 Å². The molecule has 0 radical (unpaired) electrons. The average molecular weight is 322 g/mol. The number of rotatable bonds is 8. The quantitative estimate of drug-likeness (QED) is 0.441. The molecule has 2 heteroatoms. The summed E-state index contributed by atoms with van der Waals surface area (Å²) < 4.78 is 0. The number of azo groups is 1. The Labute approximate surface area is 147 Å². The molecule has 0 saturated carbocycles. The molecule has 0 heterocycles. The van der Waals surface area contributed by atoms with E-state index in [0.29, 0.717) is 11.8 Å². The molecule has 0 N–H and O–H groups in total. The first kappa shape index (κ1) is 18.4. The zero-order valence-corrected chi connectivity index (χ0v) is 15.5. The van der Waals surface area contributed by atoms with Gasteiger partial charge in [0.25, 0.3) is 0 Å². The average Bonchev–Trinajstić information content (AvgIpc) is 2.63. The molecule has 0 amide bonds. The van der Waals surface area contributed by atoms with Crippen LogP contribution in [0.2, 0.25) is 0 Å². The van der Waals surface area contributed by atoms with Crippen LogP contribution in [0.4, 0.5) is 11.4 Å². The van der Waals surface area contributed by atoms with Crippen LogP contribution >= 0.6 is 0 Å². The van der Waals surface area contributed by atoms with Gasteiger partial charge in [0, 0.05) is 0 Å². The van der Waals surface area contributed by atoms with Gasteiger partial charge in [-0.25, -0.2) is 0 Å². The lowest BCUT2D eigenvalue weighted by Gasteiger charge is -2.13. The summed E-state index contributed by atoms with van der Waals surface area (Å²) in [6.07, 6.45) is 4.65. The highest BCUT2D eigenvalue weighted by Crippen LogP contribution is 2.29. The highest BCUT2D eigenvalue weighted by Gasteiger charge is 2.08. The normalized spacial score (nSPS) is 11.8. The molecule has 2 aromatic carbocycles. The van der Waals surface area contributed by atoms with E-state index in [0.717, 1.165) is 37.1 Å². The maximum Gasteiger partial charge on any atom is 0.0859 e. The third-order valence-corrected chi connectivity index (χ3v) is 4.94. The Morgan fingerprint density at radius 2 is 1.00 bits per heavy atom. The number of benzene rings is 2. The Hall–Kier alpha value is -1.96. The van der Waals surface area contributed by atoms with Gasteiger partial charge >= 0.3 is 0 Å². The van der Waals surface area contributed by atoms with Gasteiger partial charge in [-0.05, 0) is 72.9 Å². The molecule has 128 valence electrons. The SMILES string of the molecule is CCC(CC)c1cccc(N=Nc2cccc(C(CC)CC)c2)c1. The zero-order chi connectivity index (χ0) is 17.4. The van der Waals surface area contributed by atoms with Crippen molar-refractivity contribution in [2.75, 3.05) is 0 Å². The molecule has 2 aromatic rings. The number of hydrogen-bond acceptors (Lipinski definition) is 2. The van der Waals surface area contributed by atoms with Gasteiger partial charge in [0.05, 0.1) is 11.4 Å². The second-order valence-corrected chi connectivity index (χ2v) is 6.42. The molecule has 0 aliphatic heterocycles. The summed E-state index contributed by atoms with van der Waals surface area (Å²) in [6.45, 7) is 8.97. The molecule has 0 spiro atoms. The van der Waals surface area contributed by atoms with Crippen LogP contribution in [0.25, 0.3) is 0 Å². The second kappa shape index (κ2) is 9.36. The first-order chi connectivity index (χ1) is 11.7. The molecule has 0 saturated heterocycles. The van der Waals surface area contributed by atoms with Crippen LogP contribution in [0.5, 0.6) is 0 Å². The number of hydrogen-bond donors (Lipinski definition) is 0. The zero-order valence-electron chi connectivity index (χ0n) is 15.5. The summed E-state index contributed by atoms with van der Waals surface area (Å²) in [5, 5.41) is 8.93. The lowest BCUT2D eigenvalue weighted by Crippen LogP contribution is -1.94. The molecule has 0 aliphatic carbocycles.